The van der Waals surface area contributed by atoms with Gasteiger partial charge >= 0.3 is 0 Å². The topological polar surface area (TPSA) is 110 Å². The smallest absolute Gasteiger partial charge is 0.238 e. The number of aryl methyl sites for hydroxylation is 1. The second kappa shape index (κ2) is 8.43. The lowest BCUT2D eigenvalue weighted by Gasteiger charge is -2.33. The van der Waals surface area contributed by atoms with E-state index < -0.39 is 19.9 Å². The van der Waals surface area contributed by atoms with Gasteiger partial charge in [-0.25, -0.2) is 22.0 Å². The molecule has 1 saturated heterocycles. The molecule has 7 nitrogen and oxygen atoms in total. The third kappa shape index (κ3) is 5.79. The van der Waals surface area contributed by atoms with E-state index in [1.54, 1.807) is 0 Å². The third-order valence-electron chi connectivity index (χ3n) is 5.12. The molecule has 0 amide bonds. The van der Waals surface area contributed by atoms with Gasteiger partial charge in [0.05, 0.1) is 15.5 Å². The van der Waals surface area contributed by atoms with Crippen LogP contribution in [0.15, 0.2) is 52.3 Å². The number of nitrogens with zero attached hydrogens (tertiary/aromatic N) is 1. The predicted molar refractivity (Wildman–Crippen MR) is 114 cm³/mol. The highest BCUT2D eigenvalue weighted by Gasteiger charge is 2.23. The van der Waals surface area contributed by atoms with Crippen LogP contribution in [-0.2, 0) is 26.4 Å². The molecular formula is C20H27N3O4S2. The van der Waals surface area contributed by atoms with E-state index in [0.29, 0.717) is 5.69 Å². The molecule has 9 heteroatoms. The van der Waals surface area contributed by atoms with Gasteiger partial charge in [0.1, 0.15) is 0 Å². The molecule has 0 spiro atoms. The molecular weight excluding hydrogens is 410 g/mol. The fourth-order valence-corrected chi connectivity index (χ4v) is 5.11. The van der Waals surface area contributed by atoms with E-state index in [1.165, 1.54) is 23.3 Å². The van der Waals surface area contributed by atoms with Gasteiger partial charge in [0, 0.05) is 31.9 Å². The van der Waals surface area contributed by atoms with Gasteiger partial charge in [-0.15, -0.1) is 0 Å². The molecule has 0 atom stereocenters. The zero-order valence-corrected chi connectivity index (χ0v) is 18.3. The van der Waals surface area contributed by atoms with E-state index in [9.17, 15) is 16.8 Å². The molecule has 158 valence electrons. The van der Waals surface area contributed by atoms with Crippen molar-refractivity contribution in [3.05, 3.63) is 53.6 Å². The Morgan fingerprint density at radius 2 is 1.76 bits per heavy atom. The van der Waals surface area contributed by atoms with E-state index in [-0.39, 0.29) is 15.8 Å². The van der Waals surface area contributed by atoms with Crippen LogP contribution in [-0.4, -0.2) is 47.1 Å². The first kappa shape index (κ1) is 21.8. The molecule has 1 heterocycles. The third-order valence-corrected chi connectivity index (χ3v) is 7.16. The zero-order chi connectivity index (χ0) is 21.2. The molecule has 3 N–H and O–H groups in total. The normalized spacial score (nSPS) is 16.7. The van der Waals surface area contributed by atoms with Crippen molar-refractivity contribution in [3.63, 3.8) is 0 Å². The highest BCUT2D eigenvalue weighted by molar-refractivity contribution is 7.91. The van der Waals surface area contributed by atoms with Crippen molar-refractivity contribution >= 4 is 25.5 Å². The number of hydrogen-bond donors (Lipinski definition) is 2. The van der Waals surface area contributed by atoms with E-state index >= 15 is 0 Å². The summed E-state index contributed by atoms with van der Waals surface area (Å²) in [6.45, 7) is 4.77. The maximum atomic E-state index is 12.2. The van der Waals surface area contributed by atoms with Gasteiger partial charge in [0.2, 0.25) is 10.0 Å². The van der Waals surface area contributed by atoms with Crippen LogP contribution in [0.3, 0.4) is 0 Å². The van der Waals surface area contributed by atoms with Crippen molar-refractivity contribution in [2.45, 2.75) is 42.1 Å². The number of rotatable bonds is 6. The van der Waals surface area contributed by atoms with Crippen LogP contribution < -0.4 is 10.5 Å². The molecule has 0 aromatic heterocycles. The average Bonchev–Trinajstić information content (AvgIpc) is 2.62. The van der Waals surface area contributed by atoms with Gasteiger partial charge in [-0.1, -0.05) is 29.8 Å². The molecule has 3 rings (SSSR count). The zero-order valence-electron chi connectivity index (χ0n) is 16.6. The summed E-state index contributed by atoms with van der Waals surface area (Å²) >= 11 is 0. The SMILES string of the molecule is Cc1cccc(CN2CCC(Nc3ccc(S(N)(=O)=O)cc3S(C)(=O)=O)CC2)c1. The predicted octanol–water partition coefficient (Wildman–Crippen LogP) is 2.12. The van der Waals surface area contributed by atoms with Gasteiger partial charge in [-0.3, -0.25) is 4.90 Å². The minimum atomic E-state index is -3.97. The number of anilines is 1. The van der Waals surface area contributed by atoms with Gasteiger partial charge in [0.15, 0.2) is 9.84 Å². The van der Waals surface area contributed by atoms with Gasteiger partial charge in [0.25, 0.3) is 0 Å². The fourth-order valence-electron chi connectivity index (χ4n) is 3.63. The summed E-state index contributed by atoms with van der Waals surface area (Å²) in [5.74, 6) is 0. The van der Waals surface area contributed by atoms with Crippen molar-refractivity contribution < 1.29 is 16.8 Å². The molecule has 0 bridgehead atoms. The Morgan fingerprint density at radius 3 is 2.34 bits per heavy atom. The van der Waals surface area contributed by atoms with Crippen molar-refractivity contribution in [2.24, 2.45) is 5.14 Å². The summed E-state index contributed by atoms with van der Waals surface area (Å²) in [5, 5.41) is 8.43. The molecule has 1 aliphatic rings. The minimum Gasteiger partial charge on any atom is -0.381 e. The first-order valence-electron chi connectivity index (χ1n) is 9.44. The Balaban J connectivity index is 1.68. The van der Waals surface area contributed by atoms with E-state index in [0.717, 1.165) is 44.8 Å². The quantitative estimate of drug-likeness (QED) is 0.716. The molecule has 0 radical (unpaired) electrons. The Hall–Kier alpha value is -1.94. The fraction of sp³-hybridized carbons (Fsp3) is 0.400. The number of nitrogens with one attached hydrogen (secondary N) is 1. The molecule has 2 aromatic carbocycles. The average molecular weight is 438 g/mol. The first-order valence-corrected chi connectivity index (χ1v) is 12.9. The highest BCUT2D eigenvalue weighted by atomic mass is 32.2. The molecule has 29 heavy (non-hydrogen) atoms. The van der Waals surface area contributed by atoms with Crippen LogP contribution in [0, 0.1) is 6.92 Å². The van der Waals surface area contributed by atoms with Crippen molar-refractivity contribution in [3.8, 4) is 0 Å². The number of benzene rings is 2. The summed E-state index contributed by atoms with van der Waals surface area (Å²) in [4.78, 5) is 2.12. The van der Waals surface area contributed by atoms with E-state index in [1.807, 2.05) is 0 Å². The number of sulfonamides is 1. The second-order valence-electron chi connectivity index (χ2n) is 7.66. The van der Waals surface area contributed by atoms with Crippen LogP contribution >= 0.6 is 0 Å². The monoisotopic (exact) mass is 437 g/mol. The summed E-state index contributed by atoms with van der Waals surface area (Å²) in [6, 6.07) is 12.5. The standard InChI is InChI=1S/C20H27N3O4S2/c1-15-4-3-5-16(12-15)14-23-10-8-17(9-11-23)22-19-7-6-18(29(21,26)27)13-20(19)28(2,24)25/h3-7,12-13,17,22H,8-11,14H2,1-2H3,(H2,21,26,27). The maximum absolute atomic E-state index is 12.2. The lowest BCUT2D eigenvalue weighted by atomic mass is 10.0. The largest absolute Gasteiger partial charge is 0.381 e. The highest BCUT2D eigenvalue weighted by Crippen LogP contribution is 2.27. The summed E-state index contributed by atoms with van der Waals surface area (Å²) in [5.41, 5.74) is 2.95. The van der Waals surface area contributed by atoms with Crippen LogP contribution in [0.2, 0.25) is 0 Å². The van der Waals surface area contributed by atoms with E-state index in [4.69, 9.17) is 5.14 Å². The molecule has 2 aromatic rings. The van der Waals surface area contributed by atoms with Crippen LogP contribution in [0.25, 0.3) is 0 Å². The maximum Gasteiger partial charge on any atom is 0.238 e. The molecule has 0 unspecified atom stereocenters. The summed E-state index contributed by atoms with van der Waals surface area (Å²) < 4.78 is 47.5. The van der Waals surface area contributed by atoms with Crippen LogP contribution in [0.5, 0.6) is 0 Å². The summed E-state index contributed by atoms with van der Waals surface area (Å²) in [6.07, 6.45) is 2.79. The Kier molecular flexibility index (Phi) is 6.33. The Bertz CT molecular complexity index is 1090. The van der Waals surface area contributed by atoms with Gasteiger partial charge < -0.3 is 5.32 Å². The van der Waals surface area contributed by atoms with E-state index in [2.05, 4.69) is 41.4 Å². The van der Waals surface area contributed by atoms with Crippen LogP contribution in [0.1, 0.15) is 24.0 Å². The Morgan fingerprint density at radius 1 is 1.07 bits per heavy atom. The number of piperidine rings is 1. The Labute approximate surface area is 172 Å². The number of hydrogen-bond acceptors (Lipinski definition) is 6. The summed E-state index contributed by atoms with van der Waals surface area (Å²) in [7, 11) is -7.59. The van der Waals surface area contributed by atoms with Crippen molar-refractivity contribution in [1.82, 2.24) is 4.90 Å². The van der Waals surface area contributed by atoms with Gasteiger partial charge in [-0.05, 0) is 43.5 Å². The number of likely N-dealkylation sites (tertiary alicyclic amines) is 1. The van der Waals surface area contributed by atoms with Crippen LogP contribution in [0.4, 0.5) is 5.69 Å². The van der Waals surface area contributed by atoms with Gasteiger partial charge in [-0.2, -0.15) is 0 Å². The molecule has 0 saturated carbocycles. The lowest BCUT2D eigenvalue weighted by molar-refractivity contribution is 0.211. The molecule has 1 aliphatic heterocycles. The molecule has 0 aliphatic carbocycles. The minimum absolute atomic E-state index is 0.0498. The molecule has 1 fully saturated rings. The number of sulfone groups is 1. The first-order chi connectivity index (χ1) is 13.5. The number of nitrogens with two attached hydrogens (primary N) is 1. The number of primary sulfonamides is 1. The lowest BCUT2D eigenvalue weighted by Crippen LogP contribution is -2.38. The second-order valence-corrected chi connectivity index (χ2v) is 11.2. The van der Waals surface area contributed by atoms with Crippen molar-refractivity contribution in [1.29, 1.82) is 0 Å². The van der Waals surface area contributed by atoms with Crippen molar-refractivity contribution in [2.75, 3.05) is 24.7 Å².